The molecule has 0 aliphatic heterocycles. The lowest BCUT2D eigenvalue weighted by molar-refractivity contribution is 0.150. The van der Waals surface area contributed by atoms with Gasteiger partial charge >= 0.3 is 0 Å². The zero-order valence-corrected chi connectivity index (χ0v) is 13.7. The van der Waals surface area contributed by atoms with Gasteiger partial charge in [0.15, 0.2) is 0 Å². The van der Waals surface area contributed by atoms with Gasteiger partial charge in [0.05, 0.1) is 0 Å². The van der Waals surface area contributed by atoms with Crippen molar-refractivity contribution in [1.82, 2.24) is 15.1 Å². The van der Waals surface area contributed by atoms with Crippen LogP contribution in [0.4, 0.5) is 0 Å². The molecule has 0 aliphatic rings. The van der Waals surface area contributed by atoms with E-state index in [2.05, 4.69) is 63.8 Å². The molecule has 110 valence electrons. The van der Waals surface area contributed by atoms with E-state index in [4.69, 9.17) is 0 Å². The summed E-state index contributed by atoms with van der Waals surface area (Å²) in [5.74, 6) is 0.704. The van der Waals surface area contributed by atoms with E-state index in [1.54, 1.807) is 0 Å². The fraction of sp³-hybridized carbons (Fsp3) is 1.00. The van der Waals surface area contributed by atoms with Crippen LogP contribution in [0.15, 0.2) is 0 Å². The van der Waals surface area contributed by atoms with Gasteiger partial charge in [-0.3, -0.25) is 4.90 Å². The predicted molar refractivity (Wildman–Crippen MR) is 82.2 cm³/mol. The first kappa shape index (κ1) is 17.9. The second-order valence-electron chi connectivity index (χ2n) is 6.16. The lowest BCUT2D eigenvalue weighted by Gasteiger charge is -2.34. The Kier molecular flexibility index (Phi) is 9.70. The molecular formula is C15H35N3. The van der Waals surface area contributed by atoms with E-state index in [1.807, 2.05) is 0 Å². The standard InChI is InChI=1S/C15H35N3/c1-8-18(11-9-10-17(6)7)15(13(2)3)12-16-14(4)5/h13-16H,8-12H2,1-7H3. The summed E-state index contributed by atoms with van der Waals surface area (Å²) in [5.41, 5.74) is 0. The van der Waals surface area contributed by atoms with Crippen LogP contribution in [-0.4, -0.2) is 62.2 Å². The summed E-state index contributed by atoms with van der Waals surface area (Å²) >= 11 is 0. The van der Waals surface area contributed by atoms with E-state index in [1.165, 1.54) is 19.5 Å². The van der Waals surface area contributed by atoms with E-state index >= 15 is 0 Å². The minimum Gasteiger partial charge on any atom is -0.313 e. The molecule has 0 fully saturated rings. The minimum absolute atomic E-state index is 0.576. The second-order valence-corrected chi connectivity index (χ2v) is 6.16. The first-order valence-corrected chi connectivity index (χ1v) is 7.50. The highest BCUT2D eigenvalue weighted by Crippen LogP contribution is 2.11. The monoisotopic (exact) mass is 257 g/mol. The minimum atomic E-state index is 0.576. The maximum atomic E-state index is 3.59. The van der Waals surface area contributed by atoms with Crippen LogP contribution in [-0.2, 0) is 0 Å². The second kappa shape index (κ2) is 9.76. The van der Waals surface area contributed by atoms with Gasteiger partial charge in [-0.25, -0.2) is 0 Å². The topological polar surface area (TPSA) is 18.5 Å². The molecule has 0 aliphatic carbocycles. The predicted octanol–water partition coefficient (Wildman–Crippen LogP) is 2.28. The third-order valence-electron chi connectivity index (χ3n) is 3.43. The largest absolute Gasteiger partial charge is 0.313 e. The van der Waals surface area contributed by atoms with E-state index in [-0.39, 0.29) is 0 Å². The molecule has 0 heterocycles. The summed E-state index contributed by atoms with van der Waals surface area (Å²) in [6.07, 6.45) is 1.26. The highest BCUT2D eigenvalue weighted by atomic mass is 15.2. The number of rotatable bonds is 10. The Hall–Kier alpha value is -0.120. The fourth-order valence-corrected chi connectivity index (χ4v) is 2.29. The maximum Gasteiger partial charge on any atom is 0.0243 e. The highest BCUT2D eigenvalue weighted by Gasteiger charge is 2.20. The van der Waals surface area contributed by atoms with E-state index in [0.717, 1.165) is 13.1 Å². The zero-order chi connectivity index (χ0) is 14.1. The van der Waals surface area contributed by atoms with Crippen molar-refractivity contribution >= 4 is 0 Å². The van der Waals surface area contributed by atoms with E-state index in [9.17, 15) is 0 Å². The summed E-state index contributed by atoms with van der Waals surface area (Å²) in [7, 11) is 4.30. The molecule has 0 spiro atoms. The summed E-state index contributed by atoms with van der Waals surface area (Å²) in [4.78, 5) is 4.90. The molecule has 0 aromatic carbocycles. The summed E-state index contributed by atoms with van der Waals surface area (Å²) in [5, 5.41) is 3.59. The molecule has 1 atom stereocenters. The van der Waals surface area contributed by atoms with Crippen LogP contribution in [0.3, 0.4) is 0 Å². The molecule has 0 aromatic rings. The fourth-order valence-electron chi connectivity index (χ4n) is 2.29. The Labute approximate surface area is 115 Å². The van der Waals surface area contributed by atoms with Crippen LogP contribution in [0.5, 0.6) is 0 Å². The van der Waals surface area contributed by atoms with Crippen molar-refractivity contribution in [3.05, 3.63) is 0 Å². The molecule has 0 saturated heterocycles. The van der Waals surface area contributed by atoms with Crippen LogP contribution in [0.2, 0.25) is 0 Å². The zero-order valence-electron chi connectivity index (χ0n) is 13.7. The Morgan fingerprint density at radius 3 is 2.00 bits per heavy atom. The quantitative estimate of drug-likeness (QED) is 0.648. The van der Waals surface area contributed by atoms with E-state index in [0.29, 0.717) is 18.0 Å². The van der Waals surface area contributed by atoms with Gasteiger partial charge in [-0.05, 0) is 46.1 Å². The smallest absolute Gasteiger partial charge is 0.0243 e. The van der Waals surface area contributed by atoms with Crippen LogP contribution in [0.1, 0.15) is 41.0 Å². The first-order valence-electron chi connectivity index (χ1n) is 7.50. The summed E-state index contributed by atoms with van der Waals surface area (Å²) in [6.45, 7) is 16.0. The van der Waals surface area contributed by atoms with Gasteiger partial charge in [-0.15, -0.1) is 0 Å². The third kappa shape index (κ3) is 8.06. The summed E-state index contributed by atoms with van der Waals surface area (Å²) < 4.78 is 0. The van der Waals surface area contributed by atoms with Crippen molar-refractivity contribution in [3.8, 4) is 0 Å². The van der Waals surface area contributed by atoms with Gasteiger partial charge in [0.25, 0.3) is 0 Å². The first-order chi connectivity index (χ1) is 8.38. The molecule has 0 bridgehead atoms. The van der Waals surface area contributed by atoms with Gasteiger partial charge in [0.2, 0.25) is 0 Å². The molecular weight excluding hydrogens is 222 g/mol. The Balaban J connectivity index is 4.24. The Morgan fingerprint density at radius 1 is 1.00 bits per heavy atom. The van der Waals surface area contributed by atoms with Crippen LogP contribution < -0.4 is 5.32 Å². The molecule has 0 aromatic heterocycles. The van der Waals surface area contributed by atoms with Gasteiger partial charge in [0.1, 0.15) is 0 Å². The van der Waals surface area contributed by atoms with Crippen molar-refractivity contribution in [3.63, 3.8) is 0 Å². The molecule has 0 rings (SSSR count). The molecule has 1 unspecified atom stereocenters. The molecule has 3 heteroatoms. The summed E-state index contributed by atoms with van der Waals surface area (Å²) in [6, 6.07) is 1.23. The van der Waals surface area contributed by atoms with Crippen LogP contribution in [0.25, 0.3) is 0 Å². The third-order valence-corrected chi connectivity index (χ3v) is 3.43. The van der Waals surface area contributed by atoms with Crippen molar-refractivity contribution in [1.29, 1.82) is 0 Å². The molecule has 0 saturated carbocycles. The van der Waals surface area contributed by atoms with Crippen molar-refractivity contribution in [2.75, 3.05) is 40.3 Å². The lowest BCUT2D eigenvalue weighted by Crippen LogP contribution is -2.47. The van der Waals surface area contributed by atoms with E-state index < -0.39 is 0 Å². The van der Waals surface area contributed by atoms with Crippen molar-refractivity contribution < 1.29 is 0 Å². The number of nitrogens with zero attached hydrogens (tertiary/aromatic N) is 2. The molecule has 0 radical (unpaired) electrons. The number of likely N-dealkylation sites (N-methyl/N-ethyl adjacent to an activating group) is 1. The lowest BCUT2D eigenvalue weighted by atomic mass is 10.0. The van der Waals surface area contributed by atoms with Crippen LogP contribution >= 0.6 is 0 Å². The van der Waals surface area contributed by atoms with Crippen molar-refractivity contribution in [2.45, 2.75) is 53.1 Å². The Bertz CT molecular complexity index is 190. The van der Waals surface area contributed by atoms with Gasteiger partial charge in [-0.2, -0.15) is 0 Å². The SMILES string of the molecule is CCN(CCCN(C)C)C(CNC(C)C)C(C)C. The normalized spacial score (nSPS) is 14.2. The number of hydrogen-bond donors (Lipinski definition) is 1. The average molecular weight is 257 g/mol. The number of hydrogen-bond acceptors (Lipinski definition) is 3. The average Bonchev–Trinajstić information content (AvgIpc) is 2.25. The van der Waals surface area contributed by atoms with Crippen LogP contribution in [0, 0.1) is 5.92 Å². The molecule has 3 nitrogen and oxygen atoms in total. The number of nitrogens with one attached hydrogen (secondary N) is 1. The maximum absolute atomic E-state index is 3.59. The molecule has 1 N–H and O–H groups in total. The van der Waals surface area contributed by atoms with Gasteiger partial charge in [-0.1, -0.05) is 34.6 Å². The Morgan fingerprint density at radius 2 is 1.61 bits per heavy atom. The molecule has 18 heavy (non-hydrogen) atoms. The highest BCUT2D eigenvalue weighted by molar-refractivity contribution is 4.77. The van der Waals surface area contributed by atoms with Gasteiger partial charge in [0, 0.05) is 18.6 Å². The van der Waals surface area contributed by atoms with Gasteiger partial charge < -0.3 is 10.2 Å². The van der Waals surface area contributed by atoms with Crippen molar-refractivity contribution in [2.24, 2.45) is 5.92 Å². The molecule has 0 amide bonds.